The van der Waals surface area contributed by atoms with Crippen molar-refractivity contribution in [2.24, 2.45) is 0 Å². The molecule has 1 aromatic carbocycles. The SMILES string of the molecule is C[C@H]1C[NH+](Cc2nc(-c3ccc(Cl)cc3)no2)C[C@H](C)O1. The van der Waals surface area contributed by atoms with E-state index in [0.717, 1.165) is 25.2 Å². The average Bonchev–Trinajstić information content (AvgIpc) is 2.87. The molecule has 0 bridgehead atoms. The maximum Gasteiger partial charge on any atom is 0.282 e. The first-order valence-electron chi connectivity index (χ1n) is 7.17. The number of halogens is 1. The first-order valence-corrected chi connectivity index (χ1v) is 7.55. The Bertz CT molecular complexity index is 589. The number of ether oxygens (including phenoxy) is 1. The minimum atomic E-state index is 0.266. The summed E-state index contributed by atoms with van der Waals surface area (Å²) < 4.78 is 11.1. The maximum atomic E-state index is 5.88. The van der Waals surface area contributed by atoms with Crippen LogP contribution in [0.2, 0.25) is 5.02 Å². The number of morpholine rings is 1. The highest BCUT2D eigenvalue weighted by molar-refractivity contribution is 6.30. The van der Waals surface area contributed by atoms with Crippen LogP contribution in [0.15, 0.2) is 28.8 Å². The van der Waals surface area contributed by atoms with Crippen LogP contribution in [0.5, 0.6) is 0 Å². The largest absolute Gasteiger partial charge is 0.364 e. The van der Waals surface area contributed by atoms with Gasteiger partial charge in [0.15, 0.2) is 6.54 Å². The molecule has 2 aromatic rings. The minimum absolute atomic E-state index is 0.266. The highest BCUT2D eigenvalue weighted by Gasteiger charge is 2.27. The first kappa shape index (κ1) is 14.5. The quantitative estimate of drug-likeness (QED) is 0.935. The lowest BCUT2D eigenvalue weighted by atomic mass is 10.2. The number of hydrogen-bond donors (Lipinski definition) is 1. The van der Waals surface area contributed by atoms with Crippen LogP contribution in [0.3, 0.4) is 0 Å². The number of nitrogens with one attached hydrogen (secondary N) is 1. The van der Waals surface area contributed by atoms with Gasteiger partial charge in [-0.05, 0) is 38.1 Å². The maximum absolute atomic E-state index is 5.88. The van der Waals surface area contributed by atoms with E-state index in [0.29, 0.717) is 16.7 Å². The van der Waals surface area contributed by atoms with Crippen molar-refractivity contribution < 1.29 is 14.2 Å². The van der Waals surface area contributed by atoms with Crippen molar-refractivity contribution in [1.29, 1.82) is 0 Å². The van der Waals surface area contributed by atoms with Gasteiger partial charge in [-0.15, -0.1) is 0 Å². The molecule has 1 saturated heterocycles. The Balaban J connectivity index is 1.69. The second-order valence-electron chi connectivity index (χ2n) is 5.61. The van der Waals surface area contributed by atoms with Crippen LogP contribution < -0.4 is 4.90 Å². The predicted octanol–water partition coefficient (Wildman–Crippen LogP) is 1.58. The van der Waals surface area contributed by atoms with Crippen molar-refractivity contribution >= 4 is 11.6 Å². The van der Waals surface area contributed by atoms with Gasteiger partial charge in [-0.1, -0.05) is 16.8 Å². The molecule has 1 fully saturated rings. The summed E-state index contributed by atoms with van der Waals surface area (Å²) in [5.74, 6) is 1.27. The molecule has 1 aliphatic rings. The third-order valence-electron chi connectivity index (χ3n) is 3.59. The zero-order valence-electron chi connectivity index (χ0n) is 12.2. The van der Waals surface area contributed by atoms with Crippen LogP contribution in [-0.2, 0) is 11.3 Å². The first-order chi connectivity index (χ1) is 10.1. The van der Waals surface area contributed by atoms with E-state index in [-0.39, 0.29) is 12.2 Å². The third-order valence-corrected chi connectivity index (χ3v) is 3.84. The van der Waals surface area contributed by atoms with Crippen LogP contribution in [0.1, 0.15) is 19.7 Å². The molecular weight excluding hydrogens is 290 g/mol. The van der Waals surface area contributed by atoms with E-state index in [1.807, 2.05) is 24.3 Å². The molecule has 3 rings (SSSR count). The average molecular weight is 309 g/mol. The van der Waals surface area contributed by atoms with Gasteiger partial charge in [-0.3, -0.25) is 0 Å². The van der Waals surface area contributed by atoms with Gasteiger partial charge in [0.05, 0.1) is 0 Å². The number of nitrogens with zero attached hydrogens (tertiary/aromatic N) is 2. The number of aromatic nitrogens is 2. The third kappa shape index (κ3) is 3.61. The number of quaternary nitrogens is 1. The fraction of sp³-hybridized carbons (Fsp3) is 0.467. The molecule has 2 atom stereocenters. The molecule has 0 unspecified atom stereocenters. The summed E-state index contributed by atoms with van der Waals surface area (Å²) in [5, 5.41) is 4.74. The summed E-state index contributed by atoms with van der Waals surface area (Å²) in [6, 6.07) is 7.43. The van der Waals surface area contributed by atoms with Gasteiger partial charge >= 0.3 is 0 Å². The van der Waals surface area contributed by atoms with Gasteiger partial charge in [-0.2, -0.15) is 4.98 Å². The van der Waals surface area contributed by atoms with Crippen molar-refractivity contribution in [2.45, 2.75) is 32.6 Å². The zero-order valence-corrected chi connectivity index (χ0v) is 12.9. The number of hydrogen-bond acceptors (Lipinski definition) is 4. The molecule has 0 amide bonds. The minimum Gasteiger partial charge on any atom is -0.364 e. The molecular formula is C15H19ClN3O2+. The zero-order chi connectivity index (χ0) is 14.8. The second kappa shape index (κ2) is 6.13. The molecule has 2 heterocycles. The van der Waals surface area contributed by atoms with E-state index in [4.69, 9.17) is 20.9 Å². The van der Waals surface area contributed by atoms with Crippen molar-refractivity contribution in [3.05, 3.63) is 35.2 Å². The fourth-order valence-electron chi connectivity index (χ4n) is 2.79. The van der Waals surface area contributed by atoms with E-state index in [1.54, 1.807) is 0 Å². The molecule has 1 N–H and O–H groups in total. The molecule has 0 saturated carbocycles. The lowest BCUT2D eigenvalue weighted by Gasteiger charge is -2.31. The summed E-state index contributed by atoms with van der Waals surface area (Å²) in [7, 11) is 0. The summed E-state index contributed by atoms with van der Waals surface area (Å²) >= 11 is 5.88. The molecule has 0 spiro atoms. The summed E-state index contributed by atoms with van der Waals surface area (Å²) in [5.41, 5.74) is 0.910. The van der Waals surface area contributed by atoms with E-state index < -0.39 is 0 Å². The van der Waals surface area contributed by atoms with Crippen LogP contribution in [-0.4, -0.2) is 35.4 Å². The number of rotatable bonds is 3. The smallest absolute Gasteiger partial charge is 0.282 e. The Morgan fingerprint density at radius 2 is 1.86 bits per heavy atom. The van der Waals surface area contributed by atoms with Gasteiger partial charge in [-0.25, -0.2) is 0 Å². The van der Waals surface area contributed by atoms with E-state index >= 15 is 0 Å². The Hall–Kier alpha value is -1.43. The Morgan fingerprint density at radius 1 is 1.19 bits per heavy atom. The summed E-state index contributed by atoms with van der Waals surface area (Å²) in [6.07, 6.45) is 0.532. The normalized spacial score (nSPS) is 26.0. The highest BCUT2D eigenvalue weighted by Crippen LogP contribution is 2.18. The molecule has 112 valence electrons. The lowest BCUT2D eigenvalue weighted by molar-refractivity contribution is -0.929. The molecule has 0 aliphatic carbocycles. The molecule has 0 radical (unpaired) electrons. The van der Waals surface area contributed by atoms with Crippen molar-refractivity contribution in [3.63, 3.8) is 0 Å². The van der Waals surface area contributed by atoms with Gasteiger partial charge in [0.2, 0.25) is 5.82 Å². The predicted molar refractivity (Wildman–Crippen MR) is 79.2 cm³/mol. The van der Waals surface area contributed by atoms with Crippen molar-refractivity contribution in [2.75, 3.05) is 13.1 Å². The monoisotopic (exact) mass is 308 g/mol. The van der Waals surface area contributed by atoms with E-state index in [1.165, 1.54) is 4.90 Å². The Labute approximate surface area is 128 Å². The van der Waals surface area contributed by atoms with Gasteiger partial charge in [0, 0.05) is 10.6 Å². The van der Waals surface area contributed by atoms with Crippen LogP contribution in [0.25, 0.3) is 11.4 Å². The van der Waals surface area contributed by atoms with Crippen molar-refractivity contribution in [3.8, 4) is 11.4 Å². The molecule has 6 heteroatoms. The molecule has 1 aromatic heterocycles. The lowest BCUT2D eigenvalue weighted by Crippen LogP contribution is -3.14. The topological polar surface area (TPSA) is 52.6 Å². The molecule has 21 heavy (non-hydrogen) atoms. The van der Waals surface area contributed by atoms with E-state index in [2.05, 4.69) is 24.0 Å². The van der Waals surface area contributed by atoms with Crippen LogP contribution in [0, 0.1) is 0 Å². The van der Waals surface area contributed by atoms with Crippen LogP contribution >= 0.6 is 11.6 Å². The summed E-state index contributed by atoms with van der Waals surface area (Å²) in [6.45, 7) is 6.86. The fourth-order valence-corrected chi connectivity index (χ4v) is 2.92. The van der Waals surface area contributed by atoms with Gasteiger partial charge in [0.25, 0.3) is 5.89 Å². The second-order valence-corrected chi connectivity index (χ2v) is 6.05. The Kier molecular flexibility index (Phi) is 4.24. The molecule has 5 nitrogen and oxygen atoms in total. The summed E-state index contributed by atoms with van der Waals surface area (Å²) in [4.78, 5) is 5.88. The highest BCUT2D eigenvalue weighted by atomic mass is 35.5. The van der Waals surface area contributed by atoms with Gasteiger partial charge < -0.3 is 14.2 Å². The van der Waals surface area contributed by atoms with Crippen molar-refractivity contribution in [1.82, 2.24) is 10.1 Å². The molecule has 1 aliphatic heterocycles. The standard InChI is InChI=1S/C15H18ClN3O2/c1-10-7-19(8-11(2)20-10)9-14-17-15(18-21-14)12-3-5-13(16)6-4-12/h3-6,10-11H,7-9H2,1-2H3/p+1/t10-,11-/m0/s1. The number of benzene rings is 1. The van der Waals surface area contributed by atoms with Gasteiger partial charge in [0.1, 0.15) is 25.3 Å². The van der Waals surface area contributed by atoms with Crippen LogP contribution in [0.4, 0.5) is 0 Å². The Morgan fingerprint density at radius 3 is 2.52 bits per heavy atom. The van der Waals surface area contributed by atoms with E-state index in [9.17, 15) is 0 Å².